The molecular weight excluding hydrogens is 344 g/mol. The number of rotatable bonds is 2. The summed E-state index contributed by atoms with van der Waals surface area (Å²) in [7, 11) is 2.04. The molecule has 0 bridgehead atoms. The minimum Gasteiger partial charge on any atom is -0.333 e. The smallest absolute Gasteiger partial charge is 0.274 e. The second kappa shape index (κ2) is 6.02. The first-order valence-electron chi connectivity index (χ1n) is 9.11. The highest BCUT2D eigenvalue weighted by atomic mass is 16.2. The van der Waals surface area contributed by atoms with Gasteiger partial charge in [0.05, 0.1) is 23.3 Å². The van der Waals surface area contributed by atoms with E-state index < -0.39 is 0 Å². The molecule has 0 aliphatic carbocycles. The molecule has 0 saturated carbocycles. The van der Waals surface area contributed by atoms with Crippen LogP contribution in [0.15, 0.2) is 35.4 Å². The summed E-state index contributed by atoms with van der Waals surface area (Å²) in [6.07, 6.45) is 2.47. The first kappa shape index (κ1) is 16.2. The van der Waals surface area contributed by atoms with Gasteiger partial charge in [-0.3, -0.25) is 19.3 Å². The zero-order valence-corrected chi connectivity index (χ0v) is 15.1. The summed E-state index contributed by atoms with van der Waals surface area (Å²) in [5.74, 6) is -0.0687. The molecule has 138 valence electrons. The number of carbonyl (C=O) groups excluding carboxylic acids is 1. The summed E-state index contributed by atoms with van der Waals surface area (Å²) in [5, 5.41) is 7.89. The fourth-order valence-electron chi connectivity index (χ4n) is 3.90. The predicted octanol–water partition coefficient (Wildman–Crippen LogP) is 0.805. The minimum atomic E-state index is -0.0687. The van der Waals surface area contributed by atoms with E-state index in [9.17, 15) is 9.59 Å². The van der Waals surface area contributed by atoms with Crippen LogP contribution in [0.3, 0.4) is 0 Å². The van der Waals surface area contributed by atoms with E-state index in [2.05, 4.69) is 20.1 Å². The maximum atomic E-state index is 12.9. The van der Waals surface area contributed by atoms with Gasteiger partial charge in [0.2, 0.25) is 0 Å². The Hall–Kier alpha value is -3.00. The van der Waals surface area contributed by atoms with Crippen molar-refractivity contribution in [2.75, 3.05) is 26.7 Å². The van der Waals surface area contributed by atoms with Crippen LogP contribution >= 0.6 is 0 Å². The van der Waals surface area contributed by atoms with E-state index in [1.807, 2.05) is 25.2 Å². The topological polar surface area (TPSA) is 87.1 Å². The number of likely N-dealkylation sites (N-methyl/N-ethyl adjacent to an activating group) is 1. The van der Waals surface area contributed by atoms with Crippen molar-refractivity contribution < 1.29 is 4.79 Å². The van der Waals surface area contributed by atoms with Gasteiger partial charge in [-0.1, -0.05) is 12.1 Å². The number of hydrogen-bond acceptors (Lipinski definition) is 5. The zero-order valence-electron chi connectivity index (χ0n) is 15.1. The molecule has 1 N–H and O–H groups in total. The molecule has 1 aromatic carbocycles. The number of aromatic nitrogens is 4. The Labute approximate surface area is 155 Å². The monoisotopic (exact) mass is 364 g/mol. The van der Waals surface area contributed by atoms with E-state index in [4.69, 9.17) is 0 Å². The van der Waals surface area contributed by atoms with E-state index in [1.165, 1.54) is 0 Å². The van der Waals surface area contributed by atoms with Gasteiger partial charge in [-0.05, 0) is 19.2 Å². The summed E-state index contributed by atoms with van der Waals surface area (Å²) in [5.41, 5.74) is 3.21. The largest absolute Gasteiger partial charge is 0.333 e. The summed E-state index contributed by atoms with van der Waals surface area (Å²) in [6, 6.07) is 7.27. The lowest BCUT2D eigenvalue weighted by Crippen LogP contribution is -2.53. The number of para-hydroxylation sites is 1. The molecule has 5 rings (SSSR count). The molecule has 0 radical (unpaired) electrons. The number of H-pyrrole nitrogens is 1. The third kappa shape index (κ3) is 2.56. The van der Waals surface area contributed by atoms with Gasteiger partial charge in [-0.25, -0.2) is 4.98 Å². The average Bonchev–Trinajstić information content (AvgIpc) is 3.05. The molecule has 2 aliphatic heterocycles. The van der Waals surface area contributed by atoms with Gasteiger partial charge in [0.25, 0.3) is 11.5 Å². The Morgan fingerprint density at radius 3 is 2.93 bits per heavy atom. The number of nitrogens with one attached hydrogen (secondary N) is 1. The lowest BCUT2D eigenvalue weighted by atomic mass is 10.0. The summed E-state index contributed by atoms with van der Waals surface area (Å²) in [4.78, 5) is 33.9. The third-order valence-electron chi connectivity index (χ3n) is 5.56. The lowest BCUT2D eigenvalue weighted by molar-refractivity contribution is 0.0506. The standard InChI is InChI=1S/C19H20N6O2/c1-23-7-6-16-14(10-23)17(22-21-16)19(27)24-8-12(9-24)25-11-20-15-5-3-2-4-13(15)18(25)26/h2-5,11-12H,6-10H2,1H3,(H,21,22). The van der Waals surface area contributed by atoms with E-state index in [1.54, 1.807) is 21.9 Å². The minimum absolute atomic E-state index is 0.0454. The Bertz CT molecular complexity index is 1100. The summed E-state index contributed by atoms with van der Waals surface area (Å²) < 4.78 is 1.64. The number of fused-ring (bicyclic) bond motifs is 2. The second-order valence-corrected chi connectivity index (χ2v) is 7.36. The first-order chi connectivity index (χ1) is 13.1. The molecule has 27 heavy (non-hydrogen) atoms. The SMILES string of the molecule is CN1CCc2[nH]nc(C(=O)N3CC(n4cnc5ccccc5c4=O)C3)c2C1. The highest BCUT2D eigenvalue weighted by molar-refractivity contribution is 5.94. The molecule has 1 fully saturated rings. The maximum Gasteiger partial charge on any atom is 0.274 e. The van der Waals surface area contributed by atoms with Crippen LogP contribution in [0, 0.1) is 0 Å². The highest BCUT2D eigenvalue weighted by Crippen LogP contribution is 2.26. The van der Waals surface area contributed by atoms with Crippen molar-refractivity contribution in [1.29, 1.82) is 0 Å². The molecule has 0 spiro atoms. The van der Waals surface area contributed by atoms with Crippen molar-refractivity contribution in [1.82, 2.24) is 29.5 Å². The van der Waals surface area contributed by atoms with Crippen LogP contribution in [-0.4, -0.2) is 62.1 Å². The molecule has 0 atom stereocenters. The number of amides is 1. The van der Waals surface area contributed by atoms with E-state index >= 15 is 0 Å². The fourth-order valence-corrected chi connectivity index (χ4v) is 3.90. The Morgan fingerprint density at radius 2 is 2.07 bits per heavy atom. The normalized spacial score (nSPS) is 17.7. The van der Waals surface area contributed by atoms with Crippen molar-refractivity contribution in [3.63, 3.8) is 0 Å². The van der Waals surface area contributed by atoms with Gasteiger partial charge in [0.15, 0.2) is 5.69 Å². The van der Waals surface area contributed by atoms with Crippen molar-refractivity contribution in [2.24, 2.45) is 0 Å². The van der Waals surface area contributed by atoms with Gasteiger partial charge in [-0.15, -0.1) is 0 Å². The van der Waals surface area contributed by atoms with Crippen molar-refractivity contribution in [3.8, 4) is 0 Å². The number of benzene rings is 1. The van der Waals surface area contributed by atoms with E-state index in [0.29, 0.717) is 29.7 Å². The number of likely N-dealkylation sites (tertiary alicyclic amines) is 1. The Kier molecular flexibility index (Phi) is 3.61. The van der Waals surface area contributed by atoms with Crippen LogP contribution in [0.4, 0.5) is 0 Å². The zero-order chi connectivity index (χ0) is 18.5. The van der Waals surface area contributed by atoms with Gasteiger partial charge < -0.3 is 9.80 Å². The lowest BCUT2D eigenvalue weighted by Gasteiger charge is -2.39. The molecule has 2 aromatic heterocycles. The average molecular weight is 364 g/mol. The van der Waals surface area contributed by atoms with Crippen LogP contribution in [0.1, 0.15) is 27.8 Å². The second-order valence-electron chi connectivity index (χ2n) is 7.36. The highest BCUT2D eigenvalue weighted by Gasteiger charge is 2.36. The predicted molar refractivity (Wildman–Crippen MR) is 99.6 cm³/mol. The van der Waals surface area contributed by atoms with Crippen LogP contribution in [0.5, 0.6) is 0 Å². The molecule has 3 aromatic rings. The number of hydrogen-bond donors (Lipinski definition) is 1. The van der Waals surface area contributed by atoms with Crippen LogP contribution in [-0.2, 0) is 13.0 Å². The van der Waals surface area contributed by atoms with Crippen LogP contribution < -0.4 is 5.56 Å². The number of aromatic amines is 1. The molecular formula is C19H20N6O2. The summed E-state index contributed by atoms with van der Waals surface area (Å²) in [6.45, 7) is 2.69. The van der Waals surface area contributed by atoms with Gasteiger partial charge in [0.1, 0.15) is 0 Å². The van der Waals surface area contributed by atoms with Crippen molar-refractivity contribution in [2.45, 2.75) is 19.0 Å². The molecule has 1 saturated heterocycles. The molecule has 8 heteroatoms. The third-order valence-corrected chi connectivity index (χ3v) is 5.56. The molecule has 1 amide bonds. The molecule has 2 aliphatic rings. The fraction of sp³-hybridized carbons (Fsp3) is 0.368. The number of carbonyl (C=O) groups is 1. The maximum absolute atomic E-state index is 12.9. The van der Waals surface area contributed by atoms with Gasteiger partial charge in [0, 0.05) is 43.9 Å². The first-order valence-corrected chi connectivity index (χ1v) is 9.11. The van der Waals surface area contributed by atoms with Crippen LogP contribution in [0.25, 0.3) is 10.9 Å². The Morgan fingerprint density at radius 1 is 1.26 bits per heavy atom. The number of nitrogens with zero attached hydrogens (tertiary/aromatic N) is 5. The van der Waals surface area contributed by atoms with Crippen molar-refractivity contribution in [3.05, 3.63) is 57.9 Å². The quantitative estimate of drug-likeness (QED) is 0.727. The van der Waals surface area contributed by atoms with E-state index in [-0.39, 0.29) is 17.5 Å². The van der Waals surface area contributed by atoms with Crippen molar-refractivity contribution >= 4 is 16.8 Å². The van der Waals surface area contributed by atoms with E-state index in [0.717, 1.165) is 30.8 Å². The summed E-state index contributed by atoms with van der Waals surface area (Å²) >= 11 is 0. The Balaban J connectivity index is 1.36. The molecule has 8 nitrogen and oxygen atoms in total. The van der Waals surface area contributed by atoms with Gasteiger partial charge >= 0.3 is 0 Å². The van der Waals surface area contributed by atoms with Gasteiger partial charge in [-0.2, -0.15) is 5.10 Å². The molecule has 4 heterocycles. The van der Waals surface area contributed by atoms with Crippen LogP contribution in [0.2, 0.25) is 0 Å². The molecule has 0 unspecified atom stereocenters.